The molecule has 1 atom stereocenters. The standard InChI is InChI=1S/C20H22N4O/c1-15(17-6-4-3-5-7-17)8-13-22-20(25)19-14-23-24(16(19)2)18-9-11-21-12-10-18/h3-7,9-12,14-15H,8,13H2,1-2H3,(H,22,25). The molecule has 5 nitrogen and oxygen atoms in total. The lowest BCUT2D eigenvalue weighted by atomic mass is 9.98. The minimum atomic E-state index is -0.0851. The van der Waals surface area contributed by atoms with Gasteiger partial charge in [-0.25, -0.2) is 4.68 Å². The normalized spacial score (nSPS) is 11.9. The Morgan fingerprint density at radius 3 is 2.60 bits per heavy atom. The molecular weight excluding hydrogens is 312 g/mol. The van der Waals surface area contributed by atoms with Gasteiger partial charge in [-0.2, -0.15) is 5.10 Å². The summed E-state index contributed by atoms with van der Waals surface area (Å²) in [6.07, 6.45) is 5.93. The van der Waals surface area contributed by atoms with Crippen molar-refractivity contribution in [2.75, 3.05) is 6.54 Å². The number of hydrogen-bond acceptors (Lipinski definition) is 3. The highest BCUT2D eigenvalue weighted by atomic mass is 16.1. The number of nitrogens with one attached hydrogen (secondary N) is 1. The van der Waals surface area contributed by atoms with Gasteiger partial charge in [-0.05, 0) is 37.0 Å². The predicted molar refractivity (Wildman–Crippen MR) is 97.9 cm³/mol. The fraction of sp³-hybridized carbons (Fsp3) is 0.250. The first-order chi connectivity index (χ1) is 12.2. The van der Waals surface area contributed by atoms with Crippen molar-refractivity contribution in [3.63, 3.8) is 0 Å². The van der Waals surface area contributed by atoms with Gasteiger partial charge >= 0.3 is 0 Å². The number of carbonyl (C=O) groups is 1. The first-order valence-corrected chi connectivity index (χ1v) is 8.45. The molecule has 0 radical (unpaired) electrons. The van der Waals surface area contributed by atoms with Crippen molar-refractivity contribution in [3.05, 3.63) is 77.9 Å². The predicted octanol–water partition coefficient (Wildman–Crippen LogP) is 3.50. The molecule has 0 aliphatic heterocycles. The third-order valence-corrected chi connectivity index (χ3v) is 4.39. The van der Waals surface area contributed by atoms with Gasteiger partial charge < -0.3 is 5.32 Å². The van der Waals surface area contributed by atoms with Gasteiger partial charge in [-0.1, -0.05) is 37.3 Å². The molecule has 0 spiro atoms. The summed E-state index contributed by atoms with van der Waals surface area (Å²) in [5.41, 5.74) is 3.60. The fourth-order valence-electron chi connectivity index (χ4n) is 2.82. The van der Waals surface area contributed by atoms with E-state index >= 15 is 0 Å². The molecule has 0 saturated carbocycles. The SMILES string of the molecule is Cc1c(C(=O)NCCC(C)c2ccccc2)cnn1-c1ccncc1. The number of rotatable bonds is 6. The summed E-state index contributed by atoms with van der Waals surface area (Å²) in [4.78, 5) is 16.5. The van der Waals surface area contributed by atoms with E-state index in [0.717, 1.165) is 17.8 Å². The molecule has 2 heterocycles. The van der Waals surface area contributed by atoms with E-state index in [0.29, 0.717) is 18.0 Å². The number of carbonyl (C=O) groups excluding carboxylic acids is 1. The Morgan fingerprint density at radius 2 is 1.88 bits per heavy atom. The highest BCUT2D eigenvalue weighted by Crippen LogP contribution is 2.18. The van der Waals surface area contributed by atoms with Crippen LogP contribution in [0, 0.1) is 6.92 Å². The maximum Gasteiger partial charge on any atom is 0.254 e. The van der Waals surface area contributed by atoms with Crippen LogP contribution in [0.3, 0.4) is 0 Å². The highest BCUT2D eigenvalue weighted by molar-refractivity contribution is 5.95. The molecule has 0 aliphatic rings. The quantitative estimate of drug-likeness (QED) is 0.750. The van der Waals surface area contributed by atoms with Gasteiger partial charge in [0.2, 0.25) is 0 Å². The van der Waals surface area contributed by atoms with Gasteiger partial charge in [0.1, 0.15) is 0 Å². The molecule has 2 aromatic heterocycles. The van der Waals surface area contributed by atoms with Crippen LogP contribution in [0.2, 0.25) is 0 Å². The lowest BCUT2D eigenvalue weighted by molar-refractivity contribution is 0.0952. The zero-order chi connectivity index (χ0) is 17.6. The fourth-order valence-corrected chi connectivity index (χ4v) is 2.82. The van der Waals surface area contributed by atoms with Crippen molar-refractivity contribution >= 4 is 5.91 Å². The van der Waals surface area contributed by atoms with Crippen LogP contribution in [-0.2, 0) is 0 Å². The number of hydrogen-bond donors (Lipinski definition) is 1. The molecule has 0 fully saturated rings. The second kappa shape index (κ2) is 7.75. The van der Waals surface area contributed by atoms with Gasteiger partial charge in [-0.15, -0.1) is 0 Å². The van der Waals surface area contributed by atoms with Gasteiger partial charge in [0.05, 0.1) is 23.1 Å². The summed E-state index contributed by atoms with van der Waals surface area (Å²) < 4.78 is 1.75. The van der Waals surface area contributed by atoms with E-state index in [2.05, 4.69) is 34.5 Å². The van der Waals surface area contributed by atoms with E-state index in [1.807, 2.05) is 37.3 Å². The van der Waals surface area contributed by atoms with Gasteiger partial charge in [-0.3, -0.25) is 9.78 Å². The molecule has 1 unspecified atom stereocenters. The second-order valence-electron chi connectivity index (χ2n) is 6.12. The van der Waals surface area contributed by atoms with Crippen LogP contribution in [0.5, 0.6) is 0 Å². The molecule has 1 aromatic carbocycles. The summed E-state index contributed by atoms with van der Waals surface area (Å²) in [6.45, 7) is 4.71. The third-order valence-electron chi connectivity index (χ3n) is 4.39. The topological polar surface area (TPSA) is 59.8 Å². The van der Waals surface area contributed by atoms with Crippen LogP contribution < -0.4 is 5.32 Å². The minimum absolute atomic E-state index is 0.0851. The molecule has 128 valence electrons. The molecule has 3 rings (SSSR count). The van der Waals surface area contributed by atoms with E-state index < -0.39 is 0 Å². The minimum Gasteiger partial charge on any atom is -0.352 e. The second-order valence-corrected chi connectivity index (χ2v) is 6.12. The van der Waals surface area contributed by atoms with E-state index in [-0.39, 0.29) is 5.91 Å². The van der Waals surface area contributed by atoms with E-state index in [1.165, 1.54) is 5.56 Å². The van der Waals surface area contributed by atoms with Crippen LogP contribution in [0.25, 0.3) is 5.69 Å². The largest absolute Gasteiger partial charge is 0.352 e. The summed E-state index contributed by atoms with van der Waals surface area (Å²) in [6, 6.07) is 14.1. The van der Waals surface area contributed by atoms with Crippen LogP contribution in [0.15, 0.2) is 61.1 Å². The lowest BCUT2D eigenvalue weighted by Crippen LogP contribution is -2.25. The third kappa shape index (κ3) is 3.94. The number of amides is 1. The van der Waals surface area contributed by atoms with Crippen LogP contribution >= 0.6 is 0 Å². The van der Waals surface area contributed by atoms with Crippen LogP contribution in [0.1, 0.15) is 40.9 Å². The first kappa shape index (κ1) is 16.9. The summed E-state index contributed by atoms with van der Waals surface area (Å²) >= 11 is 0. The van der Waals surface area contributed by atoms with Crippen molar-refractivity contribution < 1.29 is 4.79 Å². The number of benzene rings is 1. The van der Waals surface area contributed by atoms with E-state index in [4.69, 9.17) is 0 Å². The Hall–Kier alpha value is -2.95. The maximum absolute atomic E-state index is 12.5. The van der Waals surface area contributed by atoms with Crippen molar-refractivity contribution in [3.8, 4) is 5.69 Å². The Kier molecular flexibility index (Phi) is 5.23. The molecule has 25 heavy (non-hydrogen) atoms. The lowest BCUT2D eigenvalue weighted by Gasteiger charge is -2.12. The van der Waals surface area contributed by atoms with Gasteiger partial charge in [0, 0.05) is 18.9 Å². The van der Waals surface area contributed by atoms with Gasteiger partial charge in [0.25, 0.3) is 5.91 Å². The zero-order valence-electron chi connectivity index (χ0n) is 14.5. The molecule has 3 aromatic rings. The van der Waals surface area contributed by atoms with Crippen LogP contribution in [0.4, 0.5) is 0 Å². The highest BCUT2D eigenvalue weighted by Gasteiger charge is 2.15. The molecular formula is C20H22N4O. The molecule has 0 saturated heterocycles. The van der Waals surface area contributed by atoms with Gasteiger partial charge in [0.15, 0.2) is 0 Å². The maximum atomic E-state index is 12.5. The molecule has 1 N–H and O–H groups in total. The molecule has 0 bridgehead atoms. The molecule has 1 amide bonds. The molecule has 5 heteroatoms. The first-order valence-electron chi connectivity index (χ1n) is 8.45. The summed E-state index contributed by atoms with van der Waals surface area (Å²) in [5, 5.41) is 7.33. The van der Waals surface area contributed by atoms with Crippen molar-refractivity contribution in [2.24, 2.45) is 0 Å². The van der Waals surface area contributed by atoms with Crippen molar-refractivity contribution in [1.29, 1.82) is 0 Å². The Balaban J connectivity index is 1.60. The smallest absolute Gasteiger partial charge is 0.254 e. The van der Waals surface area contributed by atoms with Crippen LogP contribution in [-0.4, -0.2) is 27.2 Å². The Bertz CT molecular complexity index is 827. The Labute approximate surface area is 147 Å². The van der Waals surface area contributed by atoms with E-state index in [9.17, 15) is 4.79 Å². The summed E-state index contributed by atoms with van der Waals surface area (Å²) in [5.74, 6) is 0.320. The Morgan fingerprint density at radius 1 is 1.16 bits per heavy atom. The summed E-state index contributed by atoms with van der Waals surface area (Å²) in [7, 11) is 0. The van der Waals surface area contributed by atoms with Crippen molar-refractivity contribution in [2.45, 2.75) is 26.2 Å². The average molecular weight is 334 g/mol. The number of pyridine rings is 1. The molecule has 0 aliphatic carbocycles. The number of aromatic nitrogens is 3. The number of nitrogens with zero attached hydrogens (tertiary/aromatic N) is 3. The van der Waals surface area contributed by atoms with Crippen molar-refractivity contribution in [1.82, 2.24) is 20.1 Å². The zero-order valence-corrected chi connectivity index (χ0v) is 14.5. The average Bonchev–Trinajstić information content (AvgIpc) is 3.04. The monoisotopic (exact) mass is 334 g/mol. The van der Waals surface area contributed by atoms with E-state index in [1.54, 1.807) is 23.3 Å².